The van der Waals surface area contributed by atoms with Gasteiger partial charge in [-0.2, -0.15) is 0 Å². The van der Waals surface area contributed by atoms with Crippen LogP contribution in [-0.4, -0.2) is 26.9 Å². The van der Waals surface area contributed by atoms with Crippen molar-refractivity contribution in [3.05, 3.63) is 21.9 Å². The highest BCUT2D eigenvalue weighted by Gasteiger charge is 2.15. The molecule has 0 amide bonds. The molecule has 2 heterocycles. The minimum atomic E-state index is 0.608. The van der Waals surface area contributed by atoms with E-state index in [9.17, 15) is 0 Å². The topological polar surface area (TPSA) is 30.5 Å². The highest BCUT2D eigenvalue weighted by Crippen LogP contribution is 2.18. The van der Waals surface area contributed by atoms with Gasteiger partial charge in [-0.1, -0.05) is 0 Å². The second kappa shape index (κ2) is 6.35. The average Bonchev–Trinajstić information content (AvgIpc) is 2.90. The molecular weight excluding hydrogens is 222 g/mol. The van der Waals surface area contributed by atoms with E-state index in [1.807, 2.05) is 18.4 Å². The smallest absolute Gasteiger partial charge is 0.0809 e. The molecule has 90 valence electrons. The number of nitrogens with one attached hydrogen (secondary N) is 1. The van der Waals surface area contributed by atoms with Crippen molar-refractivity contribution >= 4 is 11.3 Å². The number of rotatable bonds is 6. The standard InChI is InChI=1S/C12H19NO2S/c1-13-6-11-2-3-12(16-11)9-15-8-10-4-5-14-7-10/h2-3,10,13H,4-9H2,1H3. The van der Waals surface area contributed by atoms with Crippen LogP contribution in [-0.2, 0) is 22.6 Å². The van der Waals surface area contributed by atoms with E-state index in [2.05, 4.69) is 17.4 Å². The van der Waals surface area contributed by atoms with Gasteiger partial charge in [-0.3, -0.25) is 0 Å². The first kappa shape index (κ1) is 12.0. The molecule has 0 bridgehead atoms. The van der Waals surface area contributed by atoms with Crippen LogP contribution in [0, 0.1) is 5.92 Å². The largest absolute Gasteiger partial charge is 0.381 e. The van der Waals surface area contributed by atoms with Gasteiger partial charge < -0.3 is 14.8 Å². The van der Waals surface area contributed by atoms with E-state index in [0.29, 0.717) is 5.92 Å². The van der Waals surface area contributed by atoms with Gasteiger partial charge >= 0.3 is 0 Å². The normalized spacial score (nSPS) is 20.4. The van der Waals surface area contributed by atoms with Crippen molar-refractivity contribution in [1.82, 2.24) is 5.32 Å². The van der Waals surface area contributed by atoms with Gasteiger partial charge in [0.05, 0.1) is 19.8 Å². The molecule has 1 saturated heterocycles. The molecule has 1 fully saturated rings. The summed E-state index contributed by atoms with van der Waals surface area (Å²) in [5.41, 5.74) is 0. The van der Waals surface area contributed by atoms with Gasteiger partial charge in [0.25, 0.3) is 0 Å². The van der Waals surface area contributed by atoms with Gasteiger partial charge in [0.15, 0.2) is 0 Å². The van der Waals surface area contributed by atoms with Crippen molar-refractivity contribution in [2.24, 2.45) is 5.92 Å². The predicted octanol–water partition coefficient (Wildman–Crippen LogP) is 2.02. The summed E-state index contributed by atoms with van der Waals surface area (Å²) < 4.78 is 11.0. The number of ether oxygens (including phenoxy) is 2. The fourth-order valence-corrected chi connectivity index (χ4v) is 2.78. The van der Waals surface area contributed by atoms with Crippen molar-refractivity contribution in [3.63, 3.8) is 0 Å². The van der Waals surface area contributed by atoms with Crippen molar-refractivity contribution in [2.45, 2.75) is 19.6 Å². The number of thiophene rings is 1. The molecule has 0 aliphatic carbocycles. The molecule has 16 heavy (non-hydrogen) atoms. The summed E-state index contributed by atoms with van der Waals surface area (Å²) in [6.45, 7) is 4.29. The van der Waals surface area contributed by atoms with E-state index < -0.39 is 0 Å². The lowest BCUT2D eigenvalue weighted by Gasteiger charge is -2.07. The van der Waals surface area contributed by atoms with E-state index in [0.717, 1.165) is 39.4 Å². The maximum Gasteiger partial charge on any atom is 0.0809 e. The molecule has 1 unspecified atom stereocenters. The molecule has 1 aliphatic heterocycles. The zero-order valence-electron chi connectivity index (χ0n) is 9.70. The summed E-state index contributed by atoms with van der Waals surface area (Å²) >= 11 is 1.82. The fraction of sp³-hybridized carbons (Fsp3) is 0.667. The maximum atomic E-state index is 5.71. The van der Waals surface area contributed by atoms with Gasteiger partial charge in [0.1, 0.15) is 0 Å². The summed E-state index contributed by atoms with van der Waals surface area (Å²) in [5, 5.41) is 3.15. The van der Waals surface area contributed by atoms with Gasteiger partial charge in [-0.25, -0.2) is 0 Å². The van der Waals surface area contributed by atoms with E-state index in [1.54, 1.807) is 0 Å². The van der Waals surface area contributed by atoms with Crippen LogP contribution in [0.1, 0.15) is 16.2 Å². The second-order valence-corrected chi connectivity index (χ2v) is 5.40. The first-order chi connectivity index (χ1) is 7.88. The molecule has 0 radical (unpaired) electrons. The Bertz CT molecular complexity index is 308. The zero-order chi connectivity index (χ0) is 11.2. The Morgan fingerprint density at radius 2 is 2.38 bits per heavy atom. The Balaban J connectivity index is 1.67. The lowest BCUT2D eigenvalue weighted by atomic mass is 10.1. The minimum Gasteiger partial charge on any atom is -0.381 e. The monoisotopic (exact) mass is 241 g/mol. The third-order valence-electron chi connectivity index (χ3n) is 2.69. The minimum absolute atomic E-state index is 0.608. The summed E-state index contributed by atoms with van der Waals surface area (Å²) in [4.78, 5) is 2.68. The molecule has 0 saturated carbocycles. The Morgan fingerprint density at radius 1 is 1.50 bits per heavy atom. The summed E-state index contributed by atoms with van der Waals surface area (Å²) in [5.74, 6) is 0.608. The molecule has 0 spiro atoms. The highest BCUT2D eigenvalue weighted by molar-refractivity contribution is 7.11. The Morgan fingerprint density at radius 3 is 3.12 bits per heavy atom. The van der Waals surface area contributed by atoms with Crippen LogP contribution in [0.4, 0.5) is 0 Å². The quantitative estimate of drug-likeness (QED) is 0.826. The number of hydrogen-bond acceptors (Lipinski definition) is 4. The average molecular weight is 241 g/mol. The van der Waals surface area contributed by atoms with Crippen molar-refractivity contribution < 1.29 is 9.47 Å². The molecule has 1 aliphatic rings. The summed E-state index contributed by atoms with van der Waals surface area (Å²) in [7, 11) is 1.97. The molecule has 1 N–H and O–H groups in total. The van der Waals surface area contributed by atoms with Crippen LogP contribution >= 0.6 is 11.3 Å². The third kappa shape index (κ3) is 3.56. The molecule has 0 aromatic carbocycles. The summed E-state index contributed by atoms with van der Waals surface area (Å²) in [6.07, 6.45) is 1.15. The first-order valence-electron chi connectivity index (χ1n) is 5.76. The second-order valence-electron chi connectivity index (χ2n) is 4.14. The predicted molar refractivity (Wildman–Crippen MR) is 65.7 cm³/mol. The lowest BCUT2D eigenvalue weighted by molar-refractivity contribution is 0.0806. The van der Waals surface area contributed by atoms with Crippen LogP contribution in [0.5, 0.6) is 0 Å². The highest BCUT2D eigenvalue weighted by atomic mass is 32.1. The molecule has 2 rings (SSSR count). The van der Waals surface area contributed by atoms with Crippen LogP contribution in [0.2, 0.25) is 0 Å². The van der Waals surface area contributed by atoms with E-state index in [4.69, 9.17) is 9.47 Å². The van der Waals surface area contributed by atoms with Crippen molar-refractivity contribution in [2.75, 3.05) is 26.9 Å². The molecular formula is C12H19NO2S. The lowest BCUT2D eigenvalue weighted by Crippen LogP contribution is -2.08. The summed E-state index contributed by atoms with van der Waals surface area (Å²) in [6, 6.07) is 4.32. The van der Waals surface area contributed by atoms with Crippen LogP contribution in [0.3, 0.4) is 0 Å². The van der Waals surface area contributed by atoms with Crippen molar-refractivity contribution in [3.8, 4) is 0 Å². The molecule has 1 atom stereocenters. The Labute approximate surface area is 101 Å². The van der Waals surface area contributed by atoms with Crippen LogP contribution < -0.4 is 5.32 Å². The molecule has 1 aromatic heterocycles. The Kier molecular flexibility index (Phi) is 4.78. The van der Waals surface area contributed by atoms with Gasteiger partial charge in [-0.05, 0) is 25.6 Å². The fourth-order valence-electron chi connectivity index (χ4n) is 1.81. The molecule has 4 heteroatoms. The van der Waals surface area contributed by atoms with E-state index in [1.165, 1.54) is 9.75 Å². The SMILES string of the molecule is CNCc1ccc(COCC2CCOC2)s1. The van der Waals surface area contributed by atoms with Crippen molar-refractivity contribution in [1.29, 1.82) is 0 Å². The number of hydrogen-bond donors (Lipinski definition) is 1. The third-order valence-corrected chi connectivity index (χ3v) is 3.75. The molecule has 1 aromatic rings. The van der Waals surface area contributed by atoms with Gasteiger partial charge in [0, 0.05) is 28.8 Å². The van der Waals surface area contributed by atoms with Gasteiger partial charge in [0.2, 0.25) is 0 Å². The maximum absolute atomic E-state index is 5.71. The van der Waals surface area contributed by atoms with Crippen LogP contribution in [0.15, 0.2) is 12.1 Å². The van der Waals surface area contributed by atoms with Gasteiger partial charge in [-0.15, -0.1) is 11.3 Å². The van der Waals surface area contributed by atoms with Crippen LogP contribution in [0.25, 0.3) is 0 Å². The first-order valence-corrected chi connectivity index (χ1v) is 6.58. The van der Waals surface area contributed by atoms with E-state index >= 15 is 0 Å². The Hall–Kier alpha value is -0.420. The zero-order valence-corrected chi connectivity index (χ0v) is 10.5. The molecule has 3 nitrogen and oxygen atoms in total. The van der Waals surface area contributed by atoms with E-state index in [-0.39, 0.29) is 0 Å².